The number of esters is 2. The van der Waals surface area contributed by atoms with Crippen LogP contribution in [0.4, 0.5) is 4.79 Å². The predicted octanol–water partition coefficient (Wildman–Crippen LogP) is 8.24. The first-order chi connectivity index (χ1) is 30.4. The molecule has 0 radical (unpaired) electrons. The highest BCUT2D eigenvalue weighted by Crippen LogP contribution is 2.27. The molecular formula is C51H81NO13. The summed E-state index contributed by atoms with van der Waals surface area (Å²) in [7, 11) is 0. The molecule has 14 heteroatoms. The first-order valence-electron chi connectivity index (χ1n) is 23.2. The van der Waals surface area contributed by atoms with Crippen LogP contribution in [0.3, 0.4) is 0 Å². The van der Waals surface area contributed by atoms with Gasteiger partial charge in [-0.1, -0.05) is 88.4 Å². The standard InChI is InChI=1S/C26H40O6.C25H41NO7/c1-18(2)16-30-24-19(3)31-25(28)22(15-23(27)32-26(4,5)6)17-29-13-12-21(24)14-20-10-8-7-9-11-20;1-17(2)15-32-22(18(3)27)20(14-19-10-8-7-9-11-19)16-31-13-12-21(23(28)29)26-24(30)33-25(4,5)6/h7-11,18-19,21-22,24H,12-17H2,1-6H3;7-11,17-18,20-22,27H,12-16H2,1-6H3,(H,26,30)(H,28,29)/t19-,21+,22-,24-;18-,20-,21-,22-/m00/s1. The van der Waals surface area contributed by atoms with Crippen LogP contribution in [-0.4, -0.2) is 116 Å². The van der Waals surface area contributed by atoms with Gasteiger partial charge in [0.1, 0.15) is 23.3 Å². The van der Waals surface area contributed by atoms with Crippen molar-refractivity contribution in [3.05, 3.63) is 71.8 Å². The van der Waals surface area contributed by atoms with Gasteiger partial charge in [0.25, 0.3) is 0 Å². The average molecular weight is 916 g/mol. The van der Waals surface area contributed by atoms with Crippen LogP contribution in [-0.2, 0) is 60.4 Å². The topological polar surface area (TPSA) is 185 Å². The molecule has 2 aromatic rings. The van der Waals surface area contributed by atoms with Crippen molar-refractivity contribution in [3.63, 3.8) is 0 Å². The number of rotatable bonds is 21. The molecule has 14 nitrogen and oxygen atoms in total. The van der Waals surface area contributed by atoms with Gasteiger partial charge in [-0.3, -0.25) is 9.59 Å². The molecule has 3 rings (SSSR count). The van der Waals surface area contributed by atoms with Crippen molar-refractivity contribution in [2.75, 3.05) is 39.6 Å². The Bertz CT molecular complexity index is 1660. The maximum atomic E-state index is 12.9. The van der Waals surface area contributed by atoms with Gasteiger partial charge < -0.3 is 48.7 Å². The molecule has 65 heavy (non-hydrogen) atoms. The van der Waals surface area contributed by atoms with Crippen molar-refractivity contribution in [1.82, 2.24) is 5.32 Å². The number of hydrogen-bond donors (Lipinski definition) is 3. The van der Waals surface area contributed by atoms with E-state index in [-0.39, 0.29) is 50.6 Å². The second-order valence-corrected chi connectivity index (χ2v) is 19.9. The summed E-state index contributed by atoms with van der Waals surface area (Å²) in [6.07, 6.45) is -0.341. The van der Waals surface area contributed by atoms with E-state index < -0.39 is 65.5 Å². The number of amides is 1. The van der Waals surface area contributed by atoms with Gasteiger partial charge in [0, 0.05) is 38.8 Å². The predicted molar refractivity (Wildman–Crippen MR) is 249 cm³/mol. The summed E-state index contributed by atoms with van der Waals surface area (Å²) in [4.78, 5) is 48.7. The lowest BCUT2D eigenvalue weighted by atomic mass is 9.88. The van der Waals surface area contributed by atoms with Gasteiger partial charge in [-0.2, -0.15) is 0 Å². The normalized spacial score (nSPS) is 20.3. The number of hydrogen-bond acceptors (Lipinski definition) is 12. The number of aliphatic hydroxyl groups excluding tert-OH is 1. The second kappa shape index (κ2) is 28.8. The lowest BCUT2D eigenvalue weighted by molar-refractivity contribution is -0.174. The van der Waals surface area contributed by atoms with Gasteiger partial charge in [0.2, 0.25) is 0 Å². The van der Waals surface area contributed by atoms with Crippen LogP contribution in [0.1, 0.15) is 113 Å². The van der Waals surface area contributed by atoms with Crippen molar-refractivity contribution in [2.24, 2.45) is 29.6 Å². The number of cyclic esters (lactones) is 1. The van der Waals surface area contributed by atoms with Gasteiger partial charge in [0.15, 0.2) is 0 Å². The second-order valence-electron chi connectivity index (χ2n) is 19.9. The molecule has 1 aliphatic rings. The highest BCUT2D eigenvalue weighted by molar-refractivity contribution is 5.80. The summed E-state index contributed by atoms with van der Waals surface area (Å²) in [5.74, 6) is -2.03. The zero-order valence-corrected chi connectivity index (χ0v) is 41.2. The summed E-state index contributed by atoms with van der Waals surface area (Å²) in [6, 6.07) is 19.0. The zero-order chi connectivity index (χ0) is 48.7. The Hall–Kier alpha value is -4.08. The number of alkyl carbamates (subject to hydrolysis) is 1. The number of ether oxygens (including phenoxy) is 7. The molecule has 0 unspecified atom stereocenters. The molecule has 1 amide bonds. The van der Waals surface area contributed by atoms with Gasteiger partial charge in [-0.25, -0.2) is 9.59 Å². The zero-order valence-electron chi connectivity index (χ0n) is 41.2. The molecular weight excluding hydrogens is 835 g/mol. The fourth-order valence-electron chi connectivity index (χ4n) is 7.16. The van der Waals surface area contributed by atoms with Crippen molar-refractivity contribution >= 4 is 24.0 Å². The molecule has 0 bridgehead atoms. The minimum absolute atomic E-state index is 0.0617. The Labute approximate surface area is 388 Å². The number of carbonyl (C=O) groups excluding carboxylic acids is 3. The molecule has 0 saturated carbocycles. The fraction of sp³-hybridized carbons (Fsp3) is 0.686. The number of aliphatic carboxylic acids is 1. The van der Waals surface area contributed by atoms with Crippen LogP contribution >= 0.6 is 0 Å². The molecule has 8 atom stereocenters. The molecule has 0 spiro atoms. The largest absolute Gasteiger partial charge is 0.480 e. The molecule has 0 aromatic heterocycles. The van der Waals surface area contributed by atoms with E-state index in [0.717, 1.165) is 18.4 Å². The maximum Gasteiger partial charge on any atom is 0.408 e. The Morgan fingerprint density at radius 1 is 0.831 bits per heavy atom. The van der Waals surface area contributed by atoms with Crippen LogP contribution in [0.25, 0.3) is 0 Å². The lowest BCUT2D eigenvalue weighted by Crippen LogP contribution is -2.44. The molecule has 1 saturated heterocycles. The van der Waals surface area contributed by atoms with Crippen molar-refractivity contribution in [3.8, 4) is 0 Å². The van der Waals surface area contributed by atoms with E-state index in [9.17, 15) is 29.4 Å². The van der Waals surface area contributed by atoms with E-state index in [0.29, 0.717) is 38.1 Å². The lowest BCUT2D eigenvalue weighted by Gasteiger charge is -2.34. The first kappa shape index (κ1) is 57.0. The summed E-state index contributed by atoms with van der Waals surface area (Å²) in [5.41, 5.74) is 0.986. The third-order valence-electron chi connectivity index (χ3n) is 10.1. The molecule has 1 aliphatic heterocycles. The summed E-state index contributed by atoms with van der Waals surface area (Å²) in [5, 5.41) is 22.2. The maximum absolute atomic E-state index is 12.9. The number of carbonyl (C=O) groups is 4. The Balaban J connectivity index is 0.000000447. The molecule has 1 fully saturated rings. The minimum atomic E-state index is -1.16. The average Bonchev–Trinajstić information content (AvgIpc) is 3.18. The van der Waals surface area contributed by atoms with Crippen LogP contribution in [0.5, 0.6) is 0 Å². The van der Waals surface area contributed by atoms with E-state index in [4.69, 9.17) is 33.2 Å². The SMILES string of the molecule is CC(C)CO[C@@H]1[C@@H](Cc2ccccc2)CCOC[C@H](CC(=O)OC(C)(C)C)C(=O)O[C@H]1C.CC(C)CO[C@H]([C@H](COCC[C@H](NC(=O)OC(C)(C)C)C(=O)O)Cc1ccccc1)[C@H](C)O. The molecule has 1 heterocycles. The van der Waals surface area contributed by atoms with Gasteiger partial charge in [-0.05, 0) is 104 Å². The number of benzene rings is 2. The van der Waals surface area contributed by atoms with Crippen molar-refractivity contribution < 1.29 is 62.5 Å². The first-order valence-corrected chi connectivity index (χ1v) is 23.2. The molecule has 2 aromatic carbocycles. The molecule has 368 valence electrons. The summed E-state index contributed by atoms with van der Waals surface area (Å²) < 4.78 is 40.3. The van der Waals surface area contributed by atoms with Gasteiger partial charge >= 0.3 is 24.0 Å². The van der Waals surface area contributed by atoms with E-state index in [1.807, 2.05) is 69.3 Å². The molecule has 3 N–H and O–H groups in total. The van der Waals surface area contributed by atoms with E-state index in [1.165, 1.54) is 5.56 Å². The van der Waals surface area contributed by atoms with E-state index in [1.54, 1.807) is 48.5 Å². The van der Waals surface area contributed by atoms with E-state index >= 15 is 0 Å². The monoisotopic (exact) mass is 916 g/mol. The number of carboxylic acid groups (broad SMARTS) is 1. The van der Waals surface area contributed by atoms with Crippen molar-refractivity contribution in [1.29, 1.82) is 0 Å². The fourth-order valence-corrected chi connectivity index (χ4v) is 7.16. The highest BCUT2D eigenvalue weighted by Gasteiger charge is 2.36. The number of carboxylic acids is 1. The third kappa shape index (κ3) is 24.9. The highest BCUT2D eigenvalue weighted by atomic mass is 16.6. The Morgan fingerprint density at radius 3 is 1.95 bits per heavy atom. The number of nitrogens with one attached hydrogen (secondary N) is 1. The number of aliphatic hydroxyl groups is 1. The Kier molecular flexibility index (Phi) is 25.3. The van der Waals surface area contributed by atoms with Gasteiger partial charge in [0.05, 0.1) is 43.9 Å². The quantitative estimate of drug-likeness (QED) is 0.0619. The van der Waals surface area contributed by atoms with Crippen LogP contribution < -0.4 is 5.32 Å². The summed E-state index contributed by atoms with van der Waals surface area (Å²) in [6.45, 7) is 24.5. The van der Waals surface area contributed by atoms with Crippen LogP contribution in [0, 0.1) is 29.6 Å². The molecule has 0 aliphatic carbocycles. The summed E-state index contributed by atoms with van der Waals surface area (Å²) >= 11 is 0. The van der Waals surface area contributed by atoms with Crippen LogP contribution in [0.2, 0.25) is 0 Å². The Morgan fingerprint density at radius 2 is 1.42 bits per heavy atom. The van der Waals surface area contributed by atoms with Crippen molar-refractivity contribution in [2.45, 2.75) is 157 Å². The van der Waals surface area contributed by atoms with Crippen LogP contribution in [0.15, 0.2) is 60.7 Å². The van der Waals surface area contributed by atoms with Gasteiger partial charge in [-0.15, -0.1) is 0 Å². The smallest absolute Gasteiger partial charge is 0.408 e. The van der Waals surface area contributed by atoms with E-state index in [2.05, 4.69) is 31.3 Å². The third-order valence-corrected chi connectivity index (χ3v) is 10.1. The minimum Gasteiger partial charge on any atom is -0.480 e.